The van der Waals surface area contributed by atoms with Crippen LogP contribution in [0.2, 0.25) is 0 Å². The van der Waals surface area contributed by atoms with Gasteiger partial charge in [0.2, 0.25) is 0 Å². The Hall–Kier alpha value is -5.56. The summed E-state index contributed by atoms with van der Waals surface area (Å²) in [6.07, 6.45) is 3.24. The predicted octanol–water partition coefficient (Wildman–Crippen LogP) is 7.40. The second kappa shape index (κ2) is 11.4. The number of ketones is 1. The number of rotatable bonds is 8. The Morgan fingerprint density at radius 1 is 0.775 bits per heavy atom. The van der Waals surface area contributed by atoms with Gasteiger partial charge in [0.25, 0.3) is 5.69 Å². The minimum Gasteiger partial charge on any atom is -0.465 e. The van der Waals surface area contributed by atoms with Crippen molar-refractivity contribution < 1.29 is 19.2 Å². The molecule has 0 spiro atoms. The molecule has 5 rings (SSSR count). The Kier molecular flexibility index (Phi) is 7.46. The van der Waals surface area contributed by atoms with Crippen LogP contribution in [0.25, 0.3) is 34.3 Å². The van der Waals surface area contributed by atoms with Crippen LogP contribution in [0.3, 0.4) is 0 Å². The monoisotopic (exact) mass is 528 g/mol. The molecule has 7 nitrogen and oxygen atoms in total. The van der Waals surface area contributed by atoms with Crippen molar-refractivity contribution in [1.29, 1.82) is 0 Å². The van der Waals surface area contributed by atoms with Gasteiger partial charge in [0.1, 0.15) is 0 Å². The van der Waals surface area contributed by atoms with Crippen molar-refractivity contribution in [1.82, 2.24) is 4.57 Å². The van der Waals surface area contributed by atoms with Gasteiger partial charge in [-0.25, -0.2) is 4.79 Å². The summed E-state index contributed by atoms with van der Waals surface area (Å²) in [5.74, 6) is -0.690. The summed E-state index contributed by atoms with van der Waals surface area (Å²) in [7, 11) is 1.35. The van der Waals surface area contributed by atoms with E-state index in [1.54, 1.807) is 18.2 Å². The zero-order valence-electron chi connectivity index (χ0n) is 21.6. The molecule has 0 amide bonds. The first kappa shape index (κ1) is 26.1. The van der Waals surface area contributed by atoms with Gasteiger partial charge in [-0.2, -0.15) is 0 Å². The number of non-ortho nitro benzene ring substituents is 1. The van der Waals surface area contributed by atoms with E-state index in [-0.39, 0.29) is 11.5 Å². The number of nitro groups is 1. The van der Waals surface area contributed by atoms with Gasteiger partial charge < -0.3 is 9.30 Å². The molecule has 0 bridgehead atoms. The van der Waals surface area contributed by atoms with Gasteiger partial charge in [-0.1, -0.05) is 60.7 Å². The number of hydrogen-bond acceptors (Lipinski definition) is 5. The number of aromatic nitrogens is 1. The van der Waals surface area contributed by atoms with Gasteiger partial charge in [-0.15, -0.1) is 0 Å². The molecule has 1 aromatic heterocycles. The van der Waals surface area contributed by atoms with Crippen LogP contribution in [0.5, 0.6) is 0 Å². The summed E-state index contributed by atoms with van der Waals surface area (Å²) in [4.78, 5) is 35.5. The Morgan fingerprint density at radius 2 is 1.35 bits per heavy atom. The quantitative estimate of drug-likeness (QED) is 0.0688. The van der Waals surface area contributed by atoms with Crippen molar-refractivity contribution in [3.05, 3.63) is 148 Å². The van der Waals surface area contributed by atoms with E-state index in [9.17, 15) is 19.7 Å². The van der Waals surface area contributed by atoms with Crippen molar-refractivity contribution in [2.45, 2.75) is 0 Å². The van der Waals surface area contributed by atoms with Crippen LogP contribution >= 0.6 is 0 Å². The molecular weight excluding hydrogens is 504 g/mol. The van der Waals surface area contributed by atoms with Crippen molar-refractivity contribution >= 4 is 23.5 Å². The number of carbonyl (C=O) groups excluding carboxylic acids is 2. The van der Waals surface area contributed by atoms with Crippen LogP contribution in [-0.2, 0) is 4.74 Å². The predicted molar refractivity (Wildman–Crippen MR) is 154 cm³/mol. The van der Waals surface area contributed by atoms with Crippen molar-refractivity contribution in [2.24, 2.45) is 0 Å². The van der Waals surface area contributed by atoms with Gasteiger partial charge in [0.05, 0.1) is 29.0 Å². The Balaban J connectivity index is 1.66. The summed E-state index contributed by atoms with van der Waals surface area (Å²) < 4.78 is 6.96. The molecule has 0 atom stereocenters. The Labute approximate surface area is 230 Å². The number of nitro benzene ring substituents is 1. The first-order valence-corrected chi connectivity index (χ1v) is 12.5. The third-order valence-electron chi connectivity index (χ3n) is 6.47. The second-order valence-corrected chi connectivity index (χ2v) is 8.94. The molecule has 5 aromatic rings. The van der Waals surface area contributed by atoms with Gasteiger partial charge >= 0.3 is 5.97 Å². The zero-order chi connectivity index (χ0) is 28.1. The molecule has 4 aromatic carbocycles. The maximum atomic E-state index is 13.0. The maximum absolute atomic E-state index is 13.0. The fraction of sp³-hybridized carbons (Fsp3) is 0.0303. The first-order valence-electron chi connectivity index (χ1n) is 12.5. The van der Waals surface area contributed by atoms with Crippen LogP contribution in [0.15, 0.2) is 121 Å². The molecule has 0 saturated heterocycles. The Morgan fingerprint density at radius 3 is 1.93 bits per heavy atom. The molecule has 0 aliphatic heterocycles. The Bertz CT molecular complexity index is 1700. The second-order valence-electron chi connectivity index (χ2n) is 8.94. The van der Waals surface area contributed by atoms with Gasteiger partial charge in [-0.05, 0) is 65.7 Å². The number of esters is 1. The van der Waals surface area contributed by atoms with E-state index >= 15 is 0 Å². The number of nitrogens with zero attached hydrogens (tertiary/aromatic N) is 2. The molecule has 0 N–H and O–H groups in total. The average molecular weight is 529 g/mol. The number of benzene rings is 4. The standard InChI is InChI=1S/C33H24N2O5/c1-40-33(37)26-14-17-28(18-15-26)34-30(23-8-4-2-5-9-23)22-27(32(34)25-10-6-3-7-11-25)16-21-31(36)24-12-19-29(20-13-24)35(38)39/h2-22H,1H3/b21-16+. The highest BCUT2D eigenvalue weighted by molar-refractivity contribution is 6.07. The summed E-state index contributed by atoms with van der Waals surface area (Å²) in [5, 5.41) is 11.0. The molecule has 0 radical (unpaired) electrons. The lowest BCUT2D eigenvalue weighted by Gasteiger charge is -2.15. The summed E-state index contributed by atoms with van der Waals surface area (Å²) >= 11 is 0. The van der Waals surface area contributed by atoms with Gasteiger partial charge in [-0.3, -0.25) is 14.9 Å². The summed E-state index contributed by atoms with van der Waals surface area (Å²) in [5.41, 5.74) is 6.01. The molecule has 0 aliphatic rings. The van der Waals surface area contributed by atoms with Gasteiger partial charge in [0.15, 0.2) is 5.78 Å². The van der Waals surface area contributed by atoms with E-state index in [0.29, 0.717) is 11.1 Å². The number of carbonyl (C=O) groups is 2. The lowest BCUT2D eigenvalue weighted by molar-refractivity contribution is -0.384. The number of methoxy groups -OCH3 is 1. The molecule has 0 unspecified atom stereocenters. The molecule has 7 heteroatoms. The maximum Gasteiger partial charge on any atom is 0.337 e. The average Bonchev–Trinajstić information content (AvgIpc) is 3.40. The normalized spacial score (nSPS) is 10.9. The third-order valence-corrected chi connectivity index (χ3v) is 6.47. The van der Waals surface area contributed by atoms with Gasteiger partial charge in [0, 0.05) is 28.9 Å². The van der Waals surface area contributed by atoms with E-state index in [1.807, 2.05) is 78.9 Å². The fourth-order valence-corrected chi connectivity index (χ4v) is 4.51. The van der Waals surface area contributed by atoms with Crippen LogP contribution in [0, 0.1) is 10.1 Å². The topological polar surface area (TPSA) is 91.4 Å². The molecule has 0 saturated carbocycles. The minimum atomic E-state index is -0.498. The SMILES string of the molecule is COC(=O)c1ccc(-n2c(-c3ccccc3)cc(/C=C/C(=O)c3ccc([N+](=O)[O-])cc3)c2-c2ccccc2)cc1. The summed E-state index contributed by atoms with van der Waals surface area (Å²) in [6.45, 7) is 0. The smallest absolute Gasteiger partial charge is 0.337 e. The lowest BCUT2D eigenvalue weighted by atomic mass is 10.0. The van der Waals surface area contributed by atoms with E-state index in [4.69, 9.17) is 4.74 Å². The van der Waals surface area contributed by atoms with Crippen LogP contribution < -0.4 is 0 Å². The van der Waals surface area contributed by atoms with Crippen LogP contribution in [0.1, 0.15) is 26.3 Å². The fourth-order valence-electron chi connectivity index (χ4n) is 4.51. The molecule has 0 aliphatic carbocycles. The highest BCUT2D eigenvalue weighted by atomic mass is 16.6. The molecular formula is C33H24N2O5. The van der Waals surface area contributed by atoms with Crippen LogP contribution in [0.4, 0.5) is 5.69 Å². The van der Waals surface area contributed by atoms with E-state index < -0.39 is 10.9 Å². The highest BCUT2D eigenvalue weighted by Gasteiger charge is 2.19. The number of hydrogen-bond donors (Lipinski definition) is 0. The van der Waals surface area contributed by atoms with Crippen molar-refractivity contribution in [3.63, 3.8) is 0 Å². The largest absolute Gasteiger partial charge is 0.465 e. The van der Waals surface area contributed by atoms with E-state index in [2.05, 4.69) is 4.57 Å². The van der Waals surface area contributed by atoms with E-state index in [0.717, 1.165) is 33.8 Å². The number of allylic oxidation sites excluding steroid dienone is 1. The van der Waals surface area contributed by atoms with Crippen molar-refractivity contribution in [3.8, 4) is 28.2 Å². The molecule has 40 heavy (non-hydrogen) atoms. The zero-order valence-corrected chi connectivity index (χ0v) is 21.6. The molecule has 196 valence electrons. The third kappa shape index (κ3) is 5.35. The summed E-state index contributed by atoms with van der Waals surface area (Å²) in [6, 6.07) is 34.5. The minimum absolute atomic E-state index is 0.0744. The molecule has 1 heterocycles. The first-order chi connectivity index (χ1) is 19.5. The molecule has 0 fully saturated rings. The lowest BCUT2D eigenvalue weighted by Crippen LogP contribution is -2.03. The van der Waals surface area contributed by atoms with Crippen LogP contribution in [-0.4, -0.2) is 28.4 Å². The number of ether oxygens (including phenoxy) is 1. The van der Waals surface area contributed by atoms with E-state index in [1.165, 1.54) is 37.5 Å². The van der Waals surface area contributed by atoms with Crippen molar-refractivity contribution in [2.75, 3.05) is 7.11 Å². The highest BCUT2D eigenvalue weighted by Crippen LogP contribution is 2.37.